The Morgan fingerprint density at radius 2 is 1.79 bits per heavy atom. The largest absolute Gasteiger partial charge is 0.478 e. The molecule has 4 rings (SSSR count). The van der Waals surface area contributed by atoms with Crippen molar-refractivity contribution in [1.29, 1.82) is 0 Å². The summed E-state index contributed by atoms with van der Waals surface area (Å²) >= 11 is 0. The maximum Gasteiger partial charge on any atom is 0.335 e. The van der Waals surface area contributed by atoms with Gasteiger partial charge in [-0.25, -0.2) is 23.6 Å². The van der Waals surface area contributed by atoms with E-state index in [9.17, 15) is 23.5 Å². The summed E-state index contributed by atoms with van der Waals surface area (Å²) in [6, 6.07) is 9.94. The molecule has 0 saturated heterocycles. The highest BCUT2D eigenvalue weighted by atomic mass is 19.1. The van der Waals surface area contributed by atoms with Gasteiger partial charge in [0, 0.05) is 23.9 Å². The van der Waals surface area contributed by atoms with E-state index in [1.165, 1.54) is 18.3 Å². The Morgan fingerprint density at radius 3 is 2.45 bits per heavy atom. The quantitative estimate of drug-likeness (QED) is 0.354. The summed E-state index contributed by atoms with van der Waals surface area (Å²) in [5.41, 5.74) is 2.21. The number of aromatic carboxylic acids is 1. The van der Waals surface area contributed by atoms with Crippen molar-refractivity contribution in [1.82, 2.24) is 9.88 Å². The normalized spacial score (nSPS) is 14.6. The van der Waals surface area contributed by atoms with E-state index in [2.05, 4.69) is 34.0 Å². The van der Waals surface area contributed by atoms with Gasteiger partial charge >= 0.3 is 5.97 Å². The van der Waals surface area contributed by atoms with Gasteiger partial charge in [0.1, 0.15) is 23.4 Å². The first-order valence-electron chi connectivity index (χ1n) is 12.6. The maximum atomic E-state index is 14.9. The number of anilines is 1. The number of benzene rings is 2. The average Bonchev–Trinajstić information content (AvgIpc) is 2.89. The molecule has 198 valence electrons. The minimum absolute atomic E-state index is 0.0883. The number of rotatable bonds is 10. The Hall–Kier alpha value is -3.98. The fourth-order valence-electron chi connectivity index (χ4n) is 4.71. The minimum Gasteiger partial charge on any atom is -0.478 e. The van der Waals surface area contributed by atoms with Gasteiger partial charge in [0.05, 0.1) is 11.3 Å². The number of carboxylic acid groups (broad SMARTS) is 1. The highest BCUT2D eigenvalue weighted by Crippen LogP contribution is 2.39. The molecule has 3 aromatic rings. The lowest BCUT2D eigenvalue weighted by Crippen LogP contribution is -2.26. The smallest absolute Gasteiger partial charge is 0.335 e. The molecule has 7 nitrogen and oxygen atoms in total. The van der Waals surface area contributed by atoms with Crippen molar-refractivity contribution in [2.75, 3.05) is 31.5 Å². The van der Waals surface area contributed by atoms with Gasteiger partial charge in [-0.05, 0) is 80.0 Å². The molecule has 1 aliphatic rings. The van der Waals surface area contributed by atoms with Crippen LogP contribution in [0.4, 0.5) is 14.6 Å². The molecule has 2 heterocycles. The van der Waals surface area contributed by atoms with E-state index in [0.29, 0.717) is 29.1 Å². The maximum absolute atomic E-state index is 14.9. The number of halogens is 2. The number of hydrogen-bond acceptors (Lipinski definition) is 5. The minimum atomic E-state index is -1.38. The number of aryl methyl sites for hydroxylation is 1. The number of carbonyl (C=O) groups excluding carboxylic acids is 1. The number of carbonyl (C=O) groups is 2. The zero-order valence-corrected chi connectivity index (χ0v) is 21.6. The summed E-state index contributed by atoms with van der Waals surface area (Å²) in [4.78, 5) is 35.5. The molecule has 0 saturated carbocycles. The molecule has 0 fully saturated rings. The molecule has 0 aliphatic carbocycles. The van der Waals surface area contributed by atoms with Gasteiger partial charge < -0.3 is 15.3 Å². The summed E-state index contributed by atoms with van der Waals surface area (Å²) in [5.74, 6) is -4.50. The average molecular weight is 521 g/mol. The number of fused-ring (bicyclic) bond motifs is 1. The Morgan fingerprint density at radius 1 is 1.08 bits per heavy atom. The second-order valence-electron chi connectivity index (χ2n) is 9.16. The number of carboxylic acids is 1. The van der Waals surface area contributed by atoms with E-state index in [-0.39, 0.29) is 11.3 Å². The molecule has 2 N–H and O–H groups in total. The van der Waals surface area contributed by atoms with E-state index in [1.54, 1.807) is 18.2 Å². The van der Waals surface area contributed by atoms with Crippen LogP contribution in [0, 0.1) is 18.6 Å². The van der Waals surface area contributed by atoms with E-state index < -0.39 is 35.0 Å². The molecule has 1 aliphatic heterocycles. The predicted octanol–water partition coefficient (Wildman–Crippen LogP) is 5.27. The van der Waals surface area contributed by atoms with Gasteiger partial charge in [-0.1, -0.05) is 26.0 Å². The Bertz CT molecular complexity index is 1380. The molecule has 0 bridgehead atoms. The van der Waals surface area contributed by atoms with Crippen molar-refractivity contribution in [3.8, 4) is 11.1 Å². The van der Waals surface area contributed by atoms with Crippen molar-refractivity contribution >= 4 is 23.9 Å². The van der Waals surface area contributed by atoms with E-state index >= 15 is 0 Å². The fourth-order valence-corrected chi connectivity index (χ4v) is 4.71. The number of pyridine rings is 1. The predicted molar refractivity (Wildman–Crippen MR) is 143 cm³/mol. The summed E-state index contributed by atoms with van der Waals surface area (Å²) in [6.07, 6.45) is 2.17. The highest BCUT2D eigenvalue weighted by Gasteiger charge is 2.35. The first-order valence-corrected chi connectivity index (χ1v) is 12.6. The molecule has 1 atom stereocenters. The molecule has 0 radical (unpaired) electrons. The number of hydrogen-bond donors (Lipinski definition) is 2. The van der Waals surface area contributed by atoms with Crippen LogP contribution in [0.3, 0.4) is 0 Å². The molecular formula is C29H30F2N4O3. The molecule has 2 aromatic carbocycles. The van der Waals surface area contributed by atoms with Crippen LogP contribution < -0.4 is 5.32 Å². The fraction of sp³-hybridized carbons (Fsp3) is 0.310. The van der Waals surface area contributed by atoms with Crippen molar-refractivity contribution in [2.24, 2.45) is 4.99 Å². The van der Waals surface area contributed by atoms with Gasteiger partial charge in [-0.2, -0.15) is 0 Å². The van der Waals surface area contributed by atoms with Crippen molar-refractivity contribution in [3.63, 3.8) is 0 Å². The Balaban J connectivity index is 1.86. The van der Waals surface area contributed by atoms with Crippen LogP contribution in [-0.2, 0) is 4.79 Å². The molecule has 1 amide bonds. The second kappa shape index (κ2) is 11.6. The third-order valence-electron chi connectivity index (χ3n) is 6.84. The third kappa shape index (κ3) is 5.47. The SMILES string of the molecule is CCN(CC)CCCNc1cc(-c2cc(C(=O)O)ccc2C)c2c(n1)C(c1c(F)cccc1F)C(=O)N=C2. The van der Waals surface area contributed by atoms with Gasteiger partial charge in [-0.15, -0.1) is 0 Å². The van der Waals surface area contributed by atoms with Gasteiger partial charge in [0.25, 0.3) is 5.91 Å². The zero-order valence-electron chi connectivity index (χ0n) is 21.6. The zero-order chi connectivity index (χ0) is 27.4. The number of aromatic nitrogens is 1. The summed E-state index contributed by atoms with van der Waals surface area (Å²) in [5, 5.41) is 12.9. The lowest BCUT2D eigenvalue weighted by molar-refractivity contribution is -0.118. The third-order valence-corrected chi connectivity index (χ3v) is 6.84. The first-order chi connectivity index (χ1) is 18.2. The van der Waals surface area contributed by atoms with Crippen LogP contribution in [-0.4, -0.2) is 59.3 Å². The van der Waals surface area contributed by atoms with Gasteiger partial charge in [-0.3, -0.25) is 4.79 Å². The van der Waals surface area contributed by atoms with Crippen LogP contribution >= 0.6 is 0 Å². The summed E-state index contributed by atoms with van der Waals surface area (Å²) in [6.45, 7) is 9.37. The molecule has 9 heteroatoms. The van der Waals surface area contributed by atoms with E-state index in [4.69, 9.17) is 0 Å². The molecule has 1 aromatic heterocycles. The van der Waals surface area contributed by atoms with Crippen molar-refractivity contribution < 1.29 is 23.5 Å². The van der Waals surface area contributed by atoms with Crippen molar-refractivity contribution in [3.05, 3.63) is 82.0 Å². The topological polar surface area (TPSA) is 94.9 Å². The lowest BCUT2D eigenvalue weighted by Gasteiger charge is -2.24. The second-order valence-corrected chi connectivity index (χ2v) is 9.16. The number of nitrogens with one attached hydrogen (secondary N) is 1. The highest BCUT2D eigenvalue weighted by molar-refractivity contribution is 6.06. The molecule has 0 spiro atoms. The Labute approximate surface area is 220 Å². The number of nitrogens with zero attached hydrogens (tertiary/aromatic N) is 3. The van der Waals surface area contributed by atoms with Crippen LogP contribution in [0.1, 0.15) is 58.9 Å². The molecular weight excluding hydrogens is 490 g/mol. The molecule has 38 heavy (non-hydrogen) atoms. The van der Waals surface area contributed by atoms with Crippen LogP contribution in [0.5, 0.6) is 0 Å². The lowest BCUT2D eigenvalue weighted by atomic mass is 9.85. The van der Waals surface area contributed by atoms with Crippen LogP contribution in [0.15, 0.2) is 47.5 Å². The standard InChI is InChI=1S/C29H30F2N4O3/c1-4-35(5-2)13-7-12-32-24-15-20(19-14-18(29(37)38)11-10-17(19)3)21-16-33-28(36)26(27(21)34-24)25-22(30)8-6-9-23(25)31/h6,8-11,14-16,26H,4-5,7,12-13H2,1-3H3,(H,32,34)(H,37,38). The first kappa shape index (κ1) is 27.1. The van der Waals surface area contributed by atoms with Gasteiger partial charge in [0.2, 0.25) is 0 Å². The monoisotopic (exact) mass is 520 g/mol. The summed E-state index contributed by atoms with van der Waals surface area (Å²) in [7, 11) is 0. The van der Waals surface area contributed by atoms with E-state index in [0.717, 1.165) is 43.8 Å². The van der Waals surface area contributed by atoms with Crippen molar-refractivity contribution in [2.45, 2.75) is 33.1 Å². The summed E-state index contributed by atoms with van der Waals surface area (Å²) < 4.78 is 29.7. The molecule has 1 unspecified atom stereocenters. The van der Waals surface area contributed by atoms with Crippen LogP contribution in [0.2, 0.25) is 0 Å². The van der Waals surface area contributed by atoms with Gasteiger partial charge in [0.15, 0.2) is 0 Å². The van der Waals surface area contributed by atoms with E-state index in [1.807, 2.05) is 6.92 Å². The number of amides is 1. The number of aliphatic imine (C=N–C) groups is 1. The van der Waals surface area contributed by atoms with Crippen LogP contribution in [0.25, 0.3) is 11.1 Å². The Kier molecular flexibility index (Phi) is 8.26.